The molecule has 0 saturated carbocycles. The van der Waals surface area contributed by atoms with Gasteiger partial charge in [0.05, 0.1) is 12.1 Å². The van der Waals surface area contributed by atoms with Crippen molar-refractivity contribution in [2.24, 2.45) is 5.73 Å². The second-order valence-electron chi connectivity index (χ2n) is 6.02. The molecule has 0 aliphatic rings. The fraction of sp³-hybridized carbons (Fsp3) is 0.167. The summed E-state index contributed by atoms with van der Waals surface area (Å²) in [6.45, 7) is 3.87. The van der Waals surface area contributed by atoms with Crippen LogP contribution < -0.4 is 5.73 Å². The summed E-state index contributed by atoms with van der Waals surface area (Å²) >= 11 is 0. The number of aromatic nitrogens is 6. The van der Waals surface area contributed by atoms with Crippen molar-refractivity contribution < 1.29 is 4.79 Å². The summed E-state index contributed by atoms with van der Waals surface area (Å²) in [6, 6.07) is 11.4. The van der Waals surface area contributed by atoms with Gasteiger partial charge in [-0.25, -0.2) is 15.0 Å². The summed E-state index contributed by atoms with van der Waals surface area (Å²) in [5.41, 5.74) is 8.58. The highest BCUT2D eigenvalue weighted by Gasteiger charge is 2.21. The molecule has 0 aliphatic carbocycles. The SMILES string of the molecule is Cc1cccc(-n2nc(CC(N)=O)nc2-c2nc3ccccn3c2C)n1. The lowest BCUT2D eigenvalue weighted by Crippen LogP contribution is -2.14. The van der Waals surface area contributed by atoms with Crippen LogP contribution in [0.5, 0.6) is 0 Å². The van der Waals surface area contributed by atoms with Crippen molar-refractivity contribution in [1.82, 2.24) is 29.1 Å². The van der Waals surface area contributed by atoms with Crippen LogP contribution in [0.4, 0.5) is 0 Å². The number of carbonyl (C=O) groups excluding carboxylic acids is 1. The third kappa shape index (κ3) is 2.71. The van der Waals surface area contributed by atoms with Gasteiger partial charge in [0.2, 0.25) is 5.91 Å². The predicted octanol–water partition coefficient (Wildman–Crippen LogP) is 1.62. The van der Waals surface area contributed by atoms with E-state index in [1.165, 1.54) is 0 Å². The van der Waals surface area contributed by atoms with Gasteiger partial charge in [-0.15, -0.1) is 5.10 Å². The van der Waals surface area contributed by atoms with E-state index in [0.717, 1.165) is 17.0 Å². The molecule has 0 atom stereocenters. The van der Waals surface area contributed by atoms with Crippen LogP contribution in [0.3, 0.4) is 0 Å². The molecule has 4 rings (SSSR count). The number of carbonyl (C=O) groups is 1. The monoisotopic (exact) mass is 347 g/mol. The van der Waals surface area contributed by atoms with Crippen molar-refractivity contribution in [3.8, 4) is 17.3 Å². The van der Waals surface area contributed by atoms with Crippen LogP contribution in [0.2, 0.25) is 0 Å². The number of pyridine rings is 2. The Kier molecular flexibility index (Phi) is 3.72. The molecule has 0 fully saturated rings. The van der Waals surface area contributed by atoms with E-state index in [1.807, 2.05) is 60.8 Å². The van der Waals surface area contributed by atoms with Crippen LogP contribution in [-0.4, -0.2) is 35.0 Å². The number of hydrogen-bond acceptors (Lipinski definition) is 5. The van der Waals surface area contributed by atoms with Gasteiger partial charge in [-0.05, 0) is 38.1 Å². The predicted molar refractivity (Wildman–Crippen MR) is 95.7 cm³/mol. The molecule has 8 heteroatoms. The average Bonchev–Trinajstić information content (AvgIpc) is 3.16. The number of primary amides is 1. The first-order valence-corrected chi connectivity index (χ1v) is 8.15. The Morgan fingerprint density at radius 1 is 1.08 bits per heavy atom. The highest BCUT2D eigenvalue weighted by atomic mass is 16.1. The normalized spacial score (nSPS) is 11.2. The van der Waals surface area contributed by atoms with Gasteiger partial charge in [-0.3, -0.25) is 4.79 Å². The summed E-state index contributed by atoms with van der Waals surface area (Å²) in [7, 11) is 0. The lowest BCUT2D eigenvalue weighted by atomic mass is 10.3. The molecule has 4 aromatic rings. The second-order valence-corrected chi connectivity index (χ2v) is 6.02. The summed E-state index contributed by atoms with van der Waals surface area (Å²) in [4.78, 5) is 25.0. The summed E-state index contributed by atoms with van der Waals surface area (Å²) < 4.78 is 3.59. The summed E-state index contributed by atoms with van der Waals surface area (Å²) in [5.74, 6) is 0.991. The second kappa shape index (κ2) is 6.07. The van der Waals surface area contributed by atoms with Crippen molar-refractivity contribution in [2.75, 3.05) is 0 Å². The molecule has 0 aromatic carbocycles. The molecule has 4 aromatic heterocycles. The third-order valence-electron chi connectivity index (χ3n) is 4.05. The van der Waals surface area contributed by atoms with Crippen molar-refractivity contribution >= 4 is 11.6 Å². The Balaban J connectivity index is 1.95. The Morgan fingerprint density at radius 2 is 1.92 bits per heavy atom. The first-order chi connectivity index (χ1) is 12.5. The molecule has 2 N–H and O–H groups in total. The third-order valence-corrected chi connectivity index (χ3v) is 4.05. The van der Waals surface area contributed by atoms with Gasteiger partial charge in [-0.2, -0.15) is 4.68 Å². The van der Waals surface area contributed by atoms with E-state index < -0.39 is 5.91 Å². The Labute approximate surface area is 149 Å². The molecule has 130 valence electrons. The van der Waals surface area contributed by atoms with Crippen LogP contribution in [0.25, 0.3) is 23.0 Å². The van der Waals surface area contributed by atoms with Gasteiger partial charge in [-0.1, -0.05) is 12.1 Å². The zero-order chi connectivity index (χ0) is 18.3. The van der Waals surface area contributed by atoms with Gasteiger partial charge >= 0.3 is 0 Å². The number of nitrogens with zero attached hydrogens (tertiary/aromatic N) is 6. The van der Waals surface area contributed by atoms with E-state index in [9.17, 15) is 4.79 Å². The molecular weight excluding hydrogens is 330 g/mol. The maximum Gasteiger partial charge on any atom is 0.225 e. The number of hydrogen-bond donors (Lipinski definition) is 1. The Hall–Kier alpha value is -3.55. The molecule has 8 nitrogen and oxygen atoms in total. The summed E-state index contributed by atoms with van der Waals surface area (Å²) in [5, 5.41) is 4.44. The fourth-order valence-corrected chi connectivity index (χ4v) is 2.88. The van der Waals surface area contributed by atoms with Crippen molar-refractivity contribution in [3.05, 3.63) is 59.8 Å². The Bertz CT molecular complexity index is 1130. The number of rotatable bonds is 4. The smallest absolute Gasteiger partial charge is 0.225 e. The lowest BCUT2D eigenvalue weighted by molar-refractivity contribution is -0.117. The van der Waals surface area contributed by atoms with Gasteiger partial charge in [0.1, 0.15) is 11.3 Å². The van der Waals surface area contributed by atoms with Gasteiger partial charge in [0.15, 0.2) is 17.5 Å². The van der Waals surface area contributed by atoms with E-state index >= 15 is 0 Å². The van der Waals surface area contributed by atoms with E-state index in [0.29, 0.717) is 23.2 Å². The van der Waals surface area contributed by atoms with E-state index in [2.05, 4.69) is 20.1 Å². The molecule has 0 radical (unpaired) electrons. The lowest BCUT2D eigenvalue weighted by Gasteiger charge is -2.04. The van der Waals surface area contributed by atoms with Crippen LogP contribution in [0, 0.1) is 13.8 Å². The molecule has 0 aliphatic heterocycles. The van der Waals surface area contributed by atoms with E-state index in [-0.39, 0.29) is 6.42 Å². The highest BCUT2D eigenvalue weighted by molar-refractivity contribution is 5.76. The first-order valence-electron chi connectivity index (χ1n) is 8.15. The molecular formula is C18H17N7O. The zero-order valence-corrected chi connectivity index (χ0v) is 14.4. The fourth-order valence-electron chi connectivity index (χ4n) is 2.88. The maximum atomic E-state index is 11.3. The molecule has 26 heavy (non-hydrogen) atoms. The van der Waals surface area contributed by atoms with Crippen LogP contribution in [-0.2, 0) is 11.2 Å². The number of amides is 1. The number of fused-ring (bicyclic) bond motifs is 1. The number of aryl methyl sites for hydroxylation is 2. The standard InChI is InChI=1S/C18H17N7O/c1-11-6-5-8-16(20-11)25-18(21-14(23-25)10-13(19)26)17-12(2)24-9-4-3-7-15(24)22-17/h3-9H,10H2,1-2H3,(H2,19,26). The topological polar surface area (TPSA) is 104 Å². The van der Waals surface area contributed by atoms with E-state index in [4.69, 9.17) is 5.73 Å². The minimum Gasteiger partial charge on any atom is -0.369 e. The molecule has 0 bridgehead atoms. The van der Waals surface area contributed by atoms with Gasteiger partial charge < -0.3 is 10.1 Å². The van der Waals surface area contributed by atoms with Crippen LogP contribution in [0.15, 0.2) is 42.6 Å². The number of nitrogens with two attached hydrogens (primary N) is 1. The molecule has 0 saturated heterocycles. The van der Waals surface area contributed by atoms with Gasteiger partial charge in [0.25, 0.3) is 0 Å². The van der Waals surface area contributed by atoms with Crippen LogP contribution in [0.1, 0.15) is 17.2 Å². The first kappa shape index (κ1) is 15.9. The molecule has 4 heterocycles. The van der Waals surface area contributed by atoms with Crippen LogP contribution >= 0.6 is 0 Å². The number of imidazole rings is 1. The largest absolute Gasteiger partial charge is 0.369 e. The molecule has 0 spiro atoms. The maximum absolute atomic E-state index is 11.3. The highest BCUT2D eigenvalue weighted by Crippen LogP contribution is 2.24. The Morgan fingerprint density at radius 3 is 2.65 bits per heavy atom. The van der Waals surface area contributed by atoms with E-state index in [1.54, 1.807) is 4.68 Å². The van der Waals surface area contributed by atoms with Crippen molar-refractivity contribution in [3.63, 3.8) is 0 Å². The summed E-state index contributed by atoms with van der Waals surface area (Å²) in [6.07, 6.45) is 1.90. The van der Waals surface area contributed by atoms with Crippen molar-refractivity contribution in [2.45, 2.75) is 20.3 Å². The van der Waals surface area contributed by atoms with Crippen molar-refractivity contribution in [1.29, 1.82) is 0 Å². The minimum atomic E-state index is -0.488. The average molecular weight is 347 g/mol. The zero-order valence-electron chi connectivity index (χ0n) is 14.4. The molecule has 0 unspecified atom stereocenters. The minimum absolute atomic E-state index is 0.0434. The quantitative estimate of drug-likeness (QED) is 0.604. The molecule has 1 amide bonds. The van der Waals surface area contributed by atoms with Gasteiger partial charge in [0, 0.05) is 11.9 Å².